The fraction of sp³-hybridized carbons (Fsp3) is 0.304. The number of nitrogens with zero attached hydrogens (tertiary/aromatic N) is 4. The molecule has 0 saturated carbocycles. The van der Waals surface area contributed by atoms with Crippen LogP contribution < -0.4 is 10.1 Å². The smallest absolute Gasteiger partial charge is 0.234 e. The van der Waals surface area contributed by atoms with Crippen LogP contribution in [0.25, 0.3) is 11.4 Å². The number of nitriles is 1. The number of nitrogens with one attached hydrogen (secondary N) is 1. The van der Waals surface area contributed by atoms with E-state index in [-0.39, 0.29) is 17.8 Å². The predicted molar refractivity (Wildman–Crippen MR) is 127 cm³/mol. The van der Waals surface area contributed by atoms with Gasteiger partial charge in [0.2, 0.25) is 5.91 Å². The van der Waals surface area contributed by atoms with E-state index >= 15 is 0 Å². The Bertz CT molecular complexity index is 1170. The van der Waals surface area contributed by atoms with Crippen molar-refractivity contribution in [2.45, 2.75) is 30.6 Å². The van der Waals surface area contributed by atoms with Crippen molar-refractivity contribution in [1.82, 2.24) is 14.8 Å². The first kappa shape index (κ1) is 23.1. The summed E-state index contributed by atoms with van der Waals surface area (Å²) in [7, 11) is 1.63. The molecule has 2 aromatic carbocycles. The van der Waals surface area contributed by atoms with Gasteiger partial charge in [0, 0.05) is 17.9 Å². The maximum absolute atomic E-state index is 12.5. The van der Waals surface area contributed by atoms with E-state index in [1.54, 1.807) is 25.3 Å². The second-order valence-electron chi connectivity index (χ2n) is 7.42. The Morgan fingerprint density at radius 1 is 1.33 bits per heavy atom. The molecule has 1 atom stereocenters. The van der Waals surface area contributed by atoms with Crippen LogP contribution in [0.2, 0.25) is 5.02 Å². The molecular weight excluding hydrogens is 462 g/mol. The largest absolute Gasteiger partial charge is 0.497 e. The Labute approximate surface area is 200 Å². The highest BCUT2D eigenvalue weighted by Gasteiger charge is 2.22. The molecule has 1 aliphatic rings. The first-order valence-electron chi connectivity index (χ1n) is 10.4. The lowest BCUT2D eigenvalue weighted by atomic mass is 10.2. The lowest BCUT2D eigenvalue weighted by Crippen LogP contribution is -2.18. The number of rotatable bonds is 8. The zero-order valence-electron chi connectivity index (χ0n) is 18.0. The van der Waals surface area contributed by atoms with Gasteiger partial charge in [-0.25, -0.2) is 0 Å². The van der Waals surface area contributed by atoms with Gasteiger partial charge < -0.3 is 14.8 Å². The summed E-state index contributed by atoms with van der Waals surface area (Å²) >= 11 is 7.35. The van der Waals surface area contributed by atoms with Crippen molar-refractivity contribution >= 4 is 35.0 Å². The van der Waals surface area contributed by atoms with Gasteiger partial charge in [-0.1, -0.05) is 23.4 Å². The molecule has 170 valence electrons. The Morgan fingerprint density at radius 3 is 2.82 bits per heavy atom. The summed E-state index contributed by atoms with van der Waals surface area (Å²) in [4.78, 5) is 12.5. The van der Waals surface area contributed by atoms with Crippen molar-refractivity contribution in [2.75, 3.05) is 24.8 Å². The molecule has 0 aliphatic carbocycles. The zero-order valence-corrected chi connectivity index (χ0v) is 19.5. The molecule has 0 bridgehead atoms. The van der Waals surface area contributed by atoms with Gasteiger partial charge in [0.05, 0.1) is 36.1 Å². The lowest BCUT2D eigenvalue weighted by Gasteiger charge is -2.15. The van der Waals surface area contributed by atoms with Gasteiger partial charge in [-0.05, 0) is 55.3 Å². The standard InChI is InChI=1S/C23H22ClN5O3S/c1-31-18-8-5-15(6-9-18)22-27-28-23(29(22)13-19-3-2-10-32-19)33-14-21(30)26-17-7-4-16(12-25)20(24)11-17/h4-9,11,19H,2-3,10,13-14H2,1H3,(H,26,30)/t19-/m1/s1. The molecule has 0 spiro atoms. The summed E-state index contributed by atoms with van der Waals surface area (Å²) in [6, 6.07) is 14.4. The van der Waals surface area contributed by atoms with Crippen LogP contribution in [0.5, 0.6) is 5.75 Å². The number of carbonyl (C=O) groups excluding carboxylic acids is 1. The third-order valence-electron chi connectivity index (χ3n) is 5.18. The van der Waals surface area contributed by atoms with Crippen LogP contribution in [0.15, 0.2) is 47.6 Å². The summed E-state index contributed by atoms with van der Waals surface area (Å²) in [6.45, 7) is 1.37. The maximum Gasteiger partial charge on any atom is 0.234 e. The molecule has 4 rings (SSSR count). The minimum atomic E-state index is -0.210. The van der Waals surface area contributed by atoms with Gasteiger partial charge in [0.25, 0.3) is 0 Å². The molecule has 0 unspecified atom stereocenters. The van der Waals surface area contributed by atoms with Crippen molar-refractivity contribution in [3.8, 4) is 23.2 Å². The summed E-state index contributed by atoms with van der Waals surface area (Å²) < 4.78 is 13.1. The minimum Gasteiger partial charge on any atom is -0.497 e. The zero-order chi connectivity index (χ0) is 23.2. The van der Waals surface area contributed by atoms with Gasteiger partial charge >= 0.3 is 0 Å². The summed E-state index contributed by atoms with van der Waals surface area (Å²) in [5, 5.41) is 21.5. The fourth-order valence-electron chi connectivity index (χ4n) is 3.52. The number of methoxy groups -OCH3 is 1. The molecule has 2 heterocycles. The topological polar surface area (TPSA) is 102 Å². The van der Waals surface area contributed by atoms with E-state index in [1.807, 2.05) is 34.9 Å². The van der Waals surface area contributed by atoms with Crippen molar-refractivity contribution in [3.05, 3.63) is 53.1 Å². The van der Waals surface area contributed by atoms with Crippen LogP contribution in [0.4, 0.5) is 5.69 Å². The molecule has 3 aromatic rings. The van der Waals surface area contributed by atoms with Gasteiger partial charge in [-0.15, -0.1) is 10.2 Å². The number of thioether (sulfide) groups is 1. The molecule has 0 radical (unpaired) electrons. The number of anilines is 1. The van der Waals surface area contributed by atoms with E-state index in [2.05, 4.69) is 15.5 Å². The van der Waals surface area contributed by atoms with E-state index < -0.39 is 0 Å². The second-order valence-corrected chi connectivity index (χ2v) is 8.77. The van der Waals surface area contributed by atoms with Crippen LogP contribution in [0.3, 0.4) is 0 Å². The van der Waals surface area contributed by atoms with Crippen LogP contribution >= 0.6 is 23.4 Å². The average molecular weight is 484 g/mol. The predicted octanol–water partition coefficient (Wildman–Crippen LogP) is 4.39. The van der Waals surface area contributed by atoms with E-state index in [4.69, 9.17) is 26.3 Å². The average Bonchev–Trinajstić information content (AvgIpc) is 3.48. The van der Waals surface area contributed by atoms with Crippen LogP contribution in [0, 0.1) is 11.3 Å². The highest BCUT2D eigenvalue weighted by molar-refractivity contribution is 7.99. The number of aromatic nitrogens is 3. The molecule has 1 N–H and O–H groups in total. The Kier molecular flexibility index (Phi) is 7.50. The van der Waals surface area contributed by atoms with Crippen molar-refractivity contribution in [1.29, 1.82) is 5.26 Å². The molecule has 1 fully saturated rings. The normalized spacial score (nSPS) is 15.2. The molecule has 1 aromatic heterocycles. The summed E-state index contributed by atoms with van der Waals surface area (Å²) in [5.74, 6) is 1.41. The number of hydrogen-bond donors (Lipinski definition) is 1. The third kappa shape index (κ3) is 5.66. The molecule has 1 aliphatic heterocycles. The van der Waals surface area contributed by atoms with Gasteiger partial charge in [0.15, 0.2) is 11.0 Å². The minimum absolute atomic E-state index is 0.0898. The fourth-order valence-corrected chi connectivity index (χ4v) is 4.49. The van der Waals surface area contributed by atoms with Crippen LogP contribution in [0.1, 0.15) is 18.4 Å². The maximum atomic E-state index is 12.5. The number of amides is 1. The molecule has 1 saturated heterocycles. The van der Waals surface area contributed by atoms with Crippen LogP contribution in [-0.2, 0) is 16.1 Å². The van der Waals surface area contributed by atoms with Crippen LogP contribution in [-0.4, -0.2) is 46.2 Å². The Hall–Kier alpha value is -3.06. The highest BCUT2D eigenvalue weighted by Crippen LogP contribution is 2.28. The number of halogens is 1. The number of ether oxygens (including phenoxy) is 2. The molecule has 10 heteroatoms. The van der Waals surface area contributed by atoms with Gasteiger partial charge in [-0.2, -0.15) is 5.26 Å². The van der Waals surface area contributed by atoms with Gasteiger partial charge in [0.1, 0.15) is 11.8 Å². The molecule has 8 nitrogen and oxygen atoms in total. The van der Waals surface area contributed by atoms with E-state index in [9.17, 15) is 4.79 Å². The second kappa shape index (κ2) is 10.7. The Morgan fingerprint density at radius 2 is 2.15 bits per heavy atom. The van der Waals surface area contributed by atoms with E-state index in [1.165, 1.54) is 11.8 Å². The molecule has 1 amide bonds. The summed E-state index contributed by atoms with van der Waals surface area (Å²) in [6.07, 6.45) is 2.10. The highest BCUT2D eigenvalue weighted by atomic mass is 35.5. The summed E-state index contributed by atoms with van der Waals surface area (Å²) in [5.41, 5.74) is 1.80. The SMILES string of the molecule is COc1ccc(-c2nnc(SCC(=O)Nc3ccc(C#N)c(Cl)c3)n2C[C@H]2CCCO2)cc1. The van der Waals surface area contributed by atoms with Crippen molar-refractivity contribution < 1.29 is 14.3 Å². The van der Waals surface area contributed by atoms with Crippen molar-refractivity contribution in [3.63, 3.8) is 0 Å². The van der Waals surface area contributed by atoms with E-state index in [0.717, 1.165) is 36.6 Å². The Balaban J connectivity index is 1.49. The quantitative estimate of drug-likeness (QED) is 0.474. The first-order valence-corrected chi connectivity index (χ1v) is 11.7. The van der Waals surface area contributed by atoms with Gasteiger partial charge in [-0.3, -0.25) is 9.36 Å². The molecular formula is C23H22ClN5O3S. The number of benzene rings is 2. The number of carbonyl (C=O) groups is 1. The lowest BCUT2D eigenvalue weighted by molar-refractivity contribution is -0.113. The number of hydrogen-bond acceptors (Lipinski definition) is 7. The molecule has 33 heavy (non-hydrogen) atoms. The monoisotopic (exact) mass is 483 g/mol. The third-order valence-corrected chi connectivity index (χ3v) is 6.46. The first-order chi connectivity index (χ1) is 16.1. The van der Waals surface area contributed by atoms with E-state index in [0.29, 0.717) is 28.0 Å². The van der Waals surface area contributed by atoms with Crippen molar-refractivity contribution in [2.24, 2.45) is 0 Å².